The van der Waals surface area contributed by atoms with E-state index in [4.69, 9.17) is 22.1 Å². The lowest BCUT2D eigenvalue weighted by Gasteiger charge is -2.23. The van der Waals surface area contributed by atoms with E-state index in [-0.39, 0.29) is 6.04 Å². The minimum atomic E-state index is 0.168. The molecule has 1 aromatic carbocycles. The molecule has 0 spiro atoms. The van der Waals surface area contributed by atoms with Crippen LogP contribution in [0.3, 0.4) is 0 Å². The molecule has 94 valence electrons. The van der Waals surface area contributed by atoms with Crippen LogP contribution in [0, 0.1) is 5.92 Å². The molecule has 1 fully saturated rings. The maximum Gasteiger partial charge on any atom is 0.0616 e. The minimum Gasteiger partial charge on any atom is -0.378 e. The Labute approximate surface area is 108 Å². The van der Waals surface area contributed by atoms with Crippen molar-refractivity contribution in [1.29, 1.82) is 0 Å². The van der Waals surface area contributed by atoms with Gasteiger partial charge in [-0.3, -0.25) is 0 Å². The summed E-state index contributed by atoms with van der Waals surface area (Å²) < 4.78 is 5.69. The standard InChI is InChI=1S/C14H20ClNO/c1-2-14-12(6-7-17-14)13(16)9-10-4-3-5-11(15)8-10/h3-5,8,12-14H,2,6-7,9,16H2,1H3. The third-order valence-electron chi connectivity index (χ3n) is 3.57. The molecule has 0 saturated carbocycles. The van der Waals surface area contributed by atoms with Crippen molar-refractivity contribution in [2.45, 2.75) is 38.3 Å². The van der Waals surface area contributed by atoms with Crippen LogP contribution in [0.25, 0.3) is 0 Å². The summed E-state index contributed by atoms with van der Waals surface area (Å²) in [5.74, 6) is 0.485. The third-order valence-corrected chi connectivity index (χ3v) is 3.81. The van der Waals surface area contributed by atoms with E-state index in [1.807, 2.05) is 18.2 Å². The van der Waals surface area contributed by atoms with Crippen molar-refractivity contribution in [1.82, 2.24) is 0 Å². The van der Waals surface area contributed by atoms with Crippen LogP contribution in [0.15, 0.2) is 24.3 Å². The fourth-order valence-electron chi connectivity index (χ4n) is 2.66. The smallest absolute Gasteiger partial charge is 0.0616 e. The zero-order chi connectivity index (χ0) is 12.3. The van der Waals surface area contributed by atoms with Crippen molar-refractivity contribution in [3.63, 3.8) is 0 Å². The number of hydrogen-bond acceptors (Lipinski definition) is 2. The van der Waals surface area contributed by atoms with Gasteiger partial charge in [-0.05, 0) is 37.0 Å². The Morgan fingerprint density at radius 1 is 1.53 bits per heavy atom. The number of rotatable bonds is 4. The molecule has 1 aliphatic heterocycles. The van der Waals surface area contributed by atoms with Crippen LogP contribution in [-0.4, -0.2) is 18.8 Å². The number of benzene rings is 1. The van der Waals surface area contributed by atoms with Gasteiger partial charge < -0.3 is 10.5 Å². The van der Waals surface area contributed by atoms with Crippen molar-refractivity contribution in [3.05, 3.63) is 34.9 Å². The van der Waals surface area contributed by atoms with E-state index in [1.165, 1.54) is 5.56 Å². The fraction of sp³-hybridized carbons (Fsp3) is 0.571. The molecule has 17 heavy (non-hydrogen) atoms. The van der Waals surface area contributed by atoms with Gasteiger partial charge in [0.15, 0.2) is 0 Å². The predicted octanol–water partition coefficient (Wildman–Crippen LogP) is 3.02. The van der Waals surface area contributed by atoms with Crippen molar-refractivity contribution in [2.75, 3.05) is 6.61 Å². The van der Waals surface area contributed by atoms with Gasteiger partial charge in [0.2, 0.25) is 0 Å². The molecule has 3 heteroatoms. The maximum absolute atomic E-state index is 6.30. The lowest BCUT2D eigenvalue weighted by molar-refractivity contribution is 0.0814. The van der Waals surface area contributed by atoms with Crippen LogP contribution in [0.1, 0.15) is 25.3 Å². The van der Waals surface area contributed by atoms with Crippen LogP contribution >= 0.6 is 11.6 Å². The van der Waals surface area contributed by atoms with Crippen molar-refractivity contribution in [2.24, 2.45) is 11.7 Å². The van der Waals surface area contributed by atoms with E-state index in [1.54, 1.807) is 0 Å². The molecule has 1 heterocycles. The predicted molar refractivity (Wildman–Crippen MR) is 71.3 cm³/mol. The molecular formula is C14H20ClNO. The normalized spacial score (nSPS) is 26.1. The van der Waals surface area contributed by atoms with E-state index < -0.39 is 0 Å². The van der Waals surface area contributed by atoms with Crippen LogP contribution in [-0.2, 0) is 11.2 Å². The van der Waals surface area contributed by atoms with Gasteiger partial charge in [0.25, 0.3) is 0 Å². The number of halogens is 1. The summed E-state index contributed by atoms with van der Waals surface area (Å²) in [5.41, 5.74) is 7.52. The lowest BCUT2D eigenvalue weighted by Crippen LogP contribution is -2.36. The van der Waals surface area contributed by atoms with Gasteiger partial charge in [-0.15, -0.1) is 0 Å². The molecule has 2 nitrogen and oxygen atoms in total. The summed E-state index contributed by atoms with van der Waals surface area (Å²) in [4.78, 5) is 0. The van der Waals surface area contributed by atoms with Crippen LogP contribution in [0.5, 0.6) is 0 Å². The first-order chi connectivity index (χ1) is 8.20. The SMILES string of the molecule is CCC1OCCC1C(N)Cc1cccc(Cl)c1. The maximum atomic E-state index is 6.30. The summed E-state index contributed by atoms with van der Waals surface area (Å²) >= 11 is 5.98. The van der Waals surface area contributed by atoms with Gasteiger partial charge in [-0.2, -0.15) is 0 Å². The highest BCUT2D eigenvalue weighted by atomic mass is 35.5. The topological polar surface area (TPSA) is 35.2 Å². The number of ether oxygens (including phenoxy) is 1. The Morgan fingerprint density at radius 3 is 3.06 bits per heavy atom. The molecule has 0 radical (unpaired) electrons. The Balaban J connectivity index is 1.99. The van der Waals surface area contributed by atoms with Gasteiger partial charge in [-0.1, -0.05) is 30.7 Å². The third kappa shape index (κ3) is 3.21. The summed E-state index contributed by atoms with van der Waals surface area (Å²) in [6, 6.07) is 8.12. The van der Waals surface area contributed by atoms with Gasteiger partial charge in [-0.25, -0.2) is 0 Å². The summed E-state index contributed by atoms with van der Waals surface area (Å²) in [6.45, 7) is 3.02. The highest BCUT2D eigenvalue weighted by Gasteiger charge is 2.31. The van der Waals surface area contributed by atoms with Crippen LogP contribution in [0.4, 0.5) is 0 Å². The van der Waals surface area contributed by atoms with Gasteiger partial charge in [0.1, 0.15) is 0 Å². The van der Waals surface area contributed by atoms with Crippen LogP contribution < -0.4 is 5.73 Å². The Kier molecular flexibility index (Phi) is 4.43. The van der Waals surface area contributed by atoms with Crippen molar-refractivity contribution >= 4 is 11.6 Å². The van der Waals surface area contributed by atoms with Crippen molar-refractivity contribution in [3.8, 4) is 0 Å². The average molecular weight is 254 g/mol. The summed E-state index contributed by atoms with van der Waals surface area (Å²) in [6.07, 6.45) is 3.35. The zero-order valence-electron chi connectivity index (χ0n) is 10.2. The minimum absolute atomic E-state index is 0.168. The quantitative estimate of drug-likeness (QED) is 0.895. The lowest BCUT2D eigenvalue weighted by atomic mass is 9.88. The zero-order valence-corrected chi connectivity index (χ0v) is 11.0. The van der Waals surface area contributed by atoms with E-state index in [0.29, 0.717) is 12.0 Å². The molecule has 3 unspecified atom stereocenters. The molecule has 0 aliphatic carbocycles. The summed E-state index contributed by atoms with van der Waals surface area (Å²) in [7, 11) is 0. The number of nitrogens with two attached hydrogens (primary N) is 1. The Bertz CT molecular complexity index is 369. The Morgan fingerprint density at radius 2 is 2.35 bits per heavy atom. The van der Waals surface area contributed by atoms with E-state index >= 15 is 0 Å². The van der Waals surface area contributed by atoms with E-state index in [9.17, 15) is 0 Å². The highest BCUT2D eigenvalue weighted by molar-refractivity contribution is 6.30. The molecule has 0 aromatic heterocycles. The van der Waals surface area contributed by atoms with Crippen molar-refractivity contribution < 1.29 is 4.74 Å². The first-order valence-electron chi connectivity index (χ1n) is 6.32. The summed E-state index contributed by atoms with van der Waals surface area (Å²) in [5, 5.41) is 0.782. The highest BCUT2D eigenvalue weighted by Crippen LogP contribution is 2.27. The molecule has 1 saturated heterocycles. The average Bonchev–Trinajstić information content (AvgIpc) is 2.77. The molecule has 0 amide bonds. The largest absolute Gasteiger partial charge is 0.378 e. The second-order valence-electron chi connectivity index (χ2n) is 4.77. The van der Waals surface area contributed by atoms with Gasteiger partial charge in [0.05, 0.1) is 6.10 Å². The van der Waals surface area contributed by atoms with Crippen LogP contribution in [0.2, 0.25) is 5.02 Å². The second-order valence-corrected chi connectivity index (χ2v) is 5.20. The second kappa shape index (κ2) is 5.85. The first-order valence-corrected chi connectivity index (χ1v) is 6.70. The van der Waals surface area contributed by atoms with Gasteiger partial charge >= 0.3 is 0 Å². The number of hydrogen-bond donors (Lipinski definition) is 1. The first kappa shape index (κ1) is 12.9. The van der Waals surface area contributed by atoms with E-state index in [0.717, 1.165) is 30.9 Å². The fourth-order valence-corrected chi connectivity index (χ4v) is 2.88. The molecule has 3 atom stereocenters. The molecule has 2 rings (SSSR count). The molecular weight excluding hydrogens is 234 g/mol. The molecule has 1 aliphatic rings. The molecule has 2 N–H and O–H groups in total. The van der Waals surface area contributed by atoms with Gasteiger partial charge in [0, 0.05) is 23.6 Å². The molecule has 1 aromatic rings. The monoisotopic (exact) mass is 253 g/mol. The molecule has 0 bridgehead atoms. The van der Waals surface area contributed by atoms with E-state index in [2.05, 4.69) is 13.0 Å². The Hall–Kier alpha value is -0.570.